The summed E-state index contributed by atoms with van der Waals surface area (Å²) in [5, 5.41) is 4.92. The third kappa shape index (κ3) is 2.34. The summed E-state index contributed by atoms with van der Waals surface area (Å²) >= 11 is 4.20. The van der Waals surface area contributed by atoms with Crippen molar-refractivity contribution < 1.29 is 4.39 Å². The molecule has 13 heavy (non-hydrogen) atoms. The van der Waals surface area contributed by atoms with Gasteiger partial charge in [0.15, 0.2) is 0 Å². The molecular weight excluding hydrogens is 205 g/mol. The number of hydrogen-bond donors (Lipinski definition) is 1. The predicted octanol–water partition coefficient (Wildman–Crippen LogP) is 1.93. The zero-order chi connectivity index (χ0) is 9.10. The number of alkyl halides is 1. The highest BCUT2D eigenvalue weighted by Gasteiger charge is 2.38. The van der Waals surface area contributed by atoms with E-state index in [1.807, 2.05) is 0 Å². The van der Waals surface area contributed by atoms with Crippen LogP contribution in [0.2, 0.25) is 0 Å². The molecule has 0 aromatic rings. The molecule has 1 aliphatic carbocycles. The third-order valence-electron chi connectivity index (χ3n) is 2.75. The second kappa shape index (κ2) is 4.89. The zero-order valence-electron chi connectivity index (χ0n) is 7.67. The van der Waals surface area contributed by atoms with Gasteiger partial charge in [-0.15, -0.1) is 0 Å². The Balaban J connectivity index is 1.84. The molecule has 2 fully saturated rings. The molecule has 0 amide bonds. The second-order valence-electron chi connectivity index (χ2n) is 3.57. The largest absolute Gasteiger partial charge is 0.310 e. The van der Waals surface area contributed by atoms with Crippen molar-refractivity contribution >= 4 is 23.5 Å². The van der Waals surface area contributed by atoms with Crippen LogP contribution in [0.15, 0.2) is 0 Å². The summed E-state index contributed by atoms with van der Waals surface area (Å²) in [6.45, 7) is 0.310. The van der Waals surface area contributed by atoms with Gasteiger partial charge in [-0.2, -0.15) is 23.5 Å². The predicted molar refractivity (Wildman–Crippen MR) is 59.5 cm³/mol. The highest BCUT2D eigenvalue weighted by atomic mass is 32.2. The Hall–Kier alpha value is 0.590. The number of thioether (sulfide) groups is 2. The van der Waals surface area contributed by atoms with E-state index < -0.39 is 0 Å². The summed E-state index contributed by atoms with van der Waals surface area (Å²) in [6, 6.07) is 0.582. The van der Waals surface area contributed by atoms with Gasteiger partial charge in [-0.05, 0) is 12.8 Å². The molecule has 1 N–H and O–H groups in total. The van der Waals surface area contributed by atoms with Gasteiger partial charge >= 0.3 is 0 Å². The molecule has 0 bridgehead atoms. The monoisotopic (exact) mass is 221 g/mol. The number of rotatable bonds is 3. The molecule has 0 spiro atoms. The lowest BCUT2D eigenvalue weighted by Gasteiger charge is -2.28. The van der Waals surface area contributed by atoms with Crippen LogP contribution in [0.3, 0.4) is 0 Å². The number of hydrogen-bond acceptors (Lipinski definition) is 3. The van der Waals surface area contributed by atoms with Gasteiger partial charge in [0.05, 0.1) is 0 Å². The van der Waals surface area contributed by atoms with E-state index in [0.29, 0.717) is 12.6 Å². The van der Waals surface area contributed by atoms with Gasteiger partial charge in [0.2, 0.25) is 0 Å². The average molecular weight is 221 g/mol. The Morgan fingerprint density at radius 3 is 2.92 bits per heavy atom. The fourth-order valence-electron chi connectivity index (χ4n) is 2.17. The Labute approximate surface area is 87.6 Å². The lowest BCUT2D eigenvalue weighted by Crippen LogP contribution is -2.39. The maximum absolute atomic E-state index is 12.0. The Morgan fingerprint density at radius 1 is 1.23 bits per heavy atom. The van der Waals surface area contributed by atoms with Crippen LogP contribution in [0.25, 0.3) is 0 Å². The van der Waals surface area contributed by atoms with Crippen LogP contribution in [0.1, 0.15) is 12.8 Å². The summed E-state index contributed by atoms with van der Waals surface area (Å²) in [6.07, 6.45) is 2.57. The van der Waals surface area contributed by atoms with E-state index in [4.69, 9.17) is 0 Å². The zero-order valence-corrected chi connectivity index (χ0v) is 9.30. The summed E-state index contributed by atoms with van der Waals surface area (Å²) in [7, 11) is 0. The fraction of sp³-hybridized carbons (Fsp3) is 1.00. The highest BCUT2D eigenvalue weighted by molar-refractivity contribution is 8.07. The van der Waals surface area contributed by atoms with Crippen LogP contribution in [0, 0.1) is 0 Å². The van der Waals surface area contributed by atoms with Gasteiger partial charge in [-0.1, -0.05) is 0 Å². The van der Waals surface area contributed by atoms with Crippen LogP contribution < -0.4 is 5.32 Å². The minimum absolute atomic E-state index is 0.230. The Bertz CT molecular complexity index is 168. The van der Waals surface area contributed by atoms with Crippen molar-refractivity contribution in [1.29, 1.82) is 0 Å². The summed E-state index contributed by atoms with van der Waals surface area (Å²) in [5.41, 5.74) is 0. The first-order valence-corrected chi connectivity index (χ1v) is 7.04. The SMILES string of the molecule is FCCNC1CCC2SCCSC12. The van der Waals surface area contributed by atoms with E-state index >= 15 is 0 Å². The Kier molecular flexibility index (Phi) is 3.81. The fourth-order valence-corrected chi connectivity index (χ4v) is 5.49. The van der Waals surface area contributed by atoms with Crippen molar-refractivity contribution in [3.05, 3.63) is 0 Å². The first-order valence-electron chi connectivity index (χ1n) is 4.94. The van der Waals surface area contributed by atoms with Crippen molar-refractivity contribution in [2.24, 2.45) is 0 Å². The molecule has 2 rings (SSSR count). The molecule has 2 aliphatic rings. The maximum Gasteiger partial charge on any atom is 0.102 e. The van der Waals surface area contributed by atoms with Crippen molar-refractivity contribution in [2.45, 2.75) is 29.4 Å². The minimum Gasteiger partial charge on any atom is -0.310 e. The first-order chi connectivity index (χ1) is 6.42. The van der Waals surface area contributed by atoms with Gasteiger partial charge in [0, 0.05) is 34.6 Å². The average Bonchev–Trinajstić information content (AvgIpc) is 2.58. The molecular formula is C9H16FNS2. The maximum atomic E-state index is 12.0. The molecule has 4 heteroatoms. The van der Waals surface area contributed by atoms with E-state index in [1.165, 1.54) is 24.3 Å². The molecule has 1 saturated heterocycles. The smallest absolute Gasteiger partial charge is 0.102 e. The van der Waals surface area contributed by atoms with Gasteiger partial charge < -0.3 is 5.32 Å². The van der Waals surface area contributed by atoms with E-state index in [0.717, 1.165) is 10.5 Å². The molecule has 1 heterocycles. The molecule has 0 aromatic heterocycles. The summed E-state index contributed by atoms with van der Waals surface area (Å²) in [4.78, 5) is 0. The number of halogens is 1. The van der Waals surface area contributed by atoms with Crippen molar-refractivity contribution in [1.82, 2.24) is 5.32 Å². The lowest BCUT2D eigenvalue weighted by atomic mass is 10.2. The lowest BCUT2D eigenvalue weighted by molar-refractivity contribution is 0.434. The quantitative estimate of drug-likeness (QED) is 0.782. The normalized spacial score (nSPS) is 39.0. The molecule has 1 aliphatic heterocycles. The topological polar surface area (TPSA) is 12.0 Å². The summed E-state index contributed by atoms with van der Waals surface area (Å²) < 4.78 is 12.0. The van der Waals surface area contributed by atoms with E-state index in [2.05, 4.69) is 28.8 Å². The molecule has 3 atom stereocenters. The molecule has 3 unspecified atom stereocenters. The molecule has 0 aromatic carbocycles. The van der Waals surface area contributed by atoms with E-state index in [-0.39, 0.29) is 6.67 Å². The van der Waals surface area contributed by atoms with Crippen molar-refractivity contribution in [3.8, 4) is 0 Å². The molecule has 1 saturated carbocycles. The number of fused-ring (bicyclic) bond motifs is 1. The van der Waals surface area contributed by atoms with Gasteiger partial charge in [-0.25, -0.2) is 4.39 Å². The van der Waals surface area contributed by atoms with E-state index in [1.54, 1.807) is 0 Å². The Morgan fingerprint density at radius 2 is 2.08 bits per heavy atom. The van der Waals surface area contributed by atoms with Gasteiger partial charge in [0.25, 0.3) is 0 Å². The summed E-state index contributed by atoms with van der Waals surface area (Å²) in [5.74, 6) is 2.58. The molecule has 0 radical (unpaired) electrons. The first kappa shape index (κ1) is 10.1. The van der Waals surface area contributed by atoms with Crippen molar-refractivity contribution in [3.63, 3.8) is 0 Å². The standard InChI is InChI=1S/C9H16FNS2/c10-3-4-11-7-1-2-8-9(7)13-6-5-12-8/h7-9,11H,1-6H2. The van der Waals surface area contributed by atoms with Gasteiger partial charge in [0.1, 0.15) is 6.67 Å². The van der Waals surface area contributed by atoms with Crippen LogP contribution in [0.5, 0.6) is 0 Å². The van der Waals surface area contributed by atoms with Crippen LogP contribution in [0.4, 0.5) is 4.39 Å². The second-order valence-corrected chi connectivity index (χ2v) is 6.20. The van der Waals surface area contributed by atoms with Crippen LogP contribution >= 0.6 is 23.5 Å². The van der Waals surface area contributed by atoms with Crippen molar-refractivity contribution in [2.75, 3.05) is 24.7 Å². The minimum atomic E-state index is -0.230. The number of nitrogens with one attached hydrogen (secondary N) is 1. The highest BCUT2D eigenvalue weighted by Crippen LogP contribution is 2.41. The third-order valence-corrected chi connectivity index (χ3v) is 6.06. The van der Waals surface area contributed by atoms with Crippen LogP contribution in [-0.4, -0.2) is 41.3 Å². The van der Waals surface area contributed by atoms with Gasteiger partial charge in [-0.3, -0.25) is 0 Å². The van der Waals surface area contributed by atoms with E-state index in [9.17, 15) is 4.39 Å². The van der Waals surface area contributed by atoms with Crippen LogP contribution in [-0.2, 0) is 0 Å². The molecule has 76 valence electrons. The molecule has 1 nitrogen and oxygen atoms in total.